The lowest BCUT2D eigenvalue weighted by molar-refractivity contribution is -0.143. The second kappa shape index (κ2) is 10.7. The first kappa shape index (κ1) is 20.9. The summed E-state index contributed by atoms with van der Waals surface area (Å²) >= 11 is 0. The maximum absolute atomic E-state index is 14.0. The molecule has 1 fully saturated rings. The third-order valence-corrected chi connectivity index (χ3v) is 4.24. The number of guanidine groups is 1. The molecule has 0 bridgehead atoms. The molecule has 8 heteroatoms. The molecule has 6 nitrogen and oxygen atoms in total. The molecule has 1 heterocycles. The number of anilines is 1. The third-order valence-electron chi connectivity index (χ3n) is 4.24. The standard InChI is InChI=1S/C19H28F2N4O2/c1-3-22-19(23-11-6-9-17(26)27-4-2)24-14-10-12-25(13-14)18-15(20)7-5-8-16(18)21/h5,7-8,14H,3-4,6,9-13H2,1-2H3,(H2,22,23,24). The summed E-state index contributed by atoms with van der Waals surface area (Å²) < 4.78 is 32.8. The van der Waals surface area contributed by atoms with E-state index < -0.39 is 11.6 Å². The molecule has 0 aliphatic carbocycles. The van der Waals surface area contributed by atoms with Gasteiger partial charge in [-0.3, -0.25) is 9.79 Å². The smallest absolute Gasteiger partial charge is 0.305 e. The first-order chi connectivity index (χ1) is 13.0. The predicted molar refractivity (Wildman–Crippen MR) is 102 cm³/mol. The Morgan fingerprint density at radius 2 is 2.07 bits per heavy atom. The molecule has 1 saturated heterocycles. The molecule has 150 valence electrons. The highest BCUT2D eigenvalue weighted by Gasteiger charge is 2.27. The maximum Gasteiger partial charge on any atom is 0.305 e. The first-order valence-electron chi connectivity index (χ1n) is 9.44. The largest absolute Gasteiger partial charge is 0.466 e. The van der Waals surface area contributed by atoms with Gasteiger partial charge in [0.1, 0.15) is 17.3 Å². The number of carbonyl (C=O) groups is 1. The van der Waals surface area contributed by atoms with Crippen LogP contribution in [0.5, 0.6) is 0 Å². The van der Waals surface area contributed by atoms with Crippen LogP contribution in [-0.4, -0.2) is 50.8 Å². The van der Waals surface area contributed by atoms with Crippen LogP contribution in [0.2, 0.25) is 0 Å². The summed E-state index contributed by atoms with van der Waals surface area (Å²) in [4.78, 5) is 17.5. The lowest BCUT2D eigenvalue weighted by Crippen LogP contribution is -2.44. The predicted octanol–water partition coefficient (Wildman–Crippen LogP) is 2.44. The molecule has 0 radical (unpaired) electrons. The summed E-state index contributed by atoms with van der Waals surface area (Å²) in [6.07, 6.45) is 1.69. The number of esters is 1. The zero-order valence-corrected chi connectivity index (χ0v) is 15.9. The van der Waals surface area contributed by atoms with Crippen LogP contribution < -0.4 is 15.5 Å². The number of benzene rings is 1. The van der Waals surface area contributed by atoms with Gasteiger partial charge in [0.2, 0.25) is 0 Å². The van der Waals surface area contributed by atoms with Crippen LogP contribution in [0.3, 0.4) is 0 Å². The Kier molecular flexibility index (Phi) is 8.29. The molecule has 0 saturated carbocycles. The van der Waals surface area contributed by atoms with E-state index in [9.17, 15) is 13.6 Å². The second-order valence-electron chi connectivity index (χ2n) is 6.32. The molecule has 1 aromatic carbocycles. The van der Waals surface area contributed by atoms with Crippen LogP contribution in [0.15, 0.2) is 23.2 Å². The summed E-state index contributed by atoms with van der Waals surface area (Å²) in [6.45, 7) is 6.37. The van der Waals surface area contributed by atoms with E-state index in [1.165, 1.54) is 18.2 Å². The zero-order chi connectivity index (χ0) is 19.6. The van der Waals surface area contributed by atoms with Crippen molar-refractivity contribution < 1.29 is 18.3 Å². The maximum atomic E-state index is 14.0. The van der Waals surface area contributed by atoms with E-state index in [4.69, 9.17) is 4.74 Å². The third kappa shape index (κ3) is 6.37. The van der Waals surface area contributed by atoms with E-state index in [1.54, 1.807) is 11.8 Å². The van der Waals surface area contributed by atoms with Crippen molar-refractivity contribution in [1.29, 1.82) is 0 Å². The topological polar surface area (TPSA) is 66.0 Å². The fraction of sp³-hybridized carbons (Fsp3) is 0.579. The van der Waals surface area contributed by atoms with Crippen molar-refractivity contribution in [3.8, 4) is 0 Å². The van der Waals surface area contributed by atoms with E-state index in [1.807, 2.05) is 6.92 Å². The van der Waals surface area contributed by atoms with Crippen molar-refractivity contribution in [2.24, 2.45) is 4.99 Å². The van der Waals surface area contributed by atoms with Gasteiger partial charge in [-0.05, 0) is 38.8 Å². The SMILES string of the molecule is CCNC(=NCCCC(=O)OCC)NC1CCN(c2c(F)cccc2F)C1. The summed E-state index contributed by atoms with van der Waals surface area (Å²) in [6, 6.07) is 3.95. The normalized spacial score (nSPS) is 17.1. The van der Waals surface area contributed by atoms with Crippen molar-refractivity contribution in [3.63, 3.8) is 0 Å². The highest BCUT2D eigenvalue weighted by molar-refractivity contribution is 5.80. The fourth-order valence-corrected chi connectivity index (χ4v) is 3.03. The Balaban J connectivity index is 1.87. The molecular formula is C19H28F2N4O2. The Morgan fingerprint density at radius 1 is 1.33 bits per heavy atom. The Morgan fingerprint density at radius 3 is 2.74 bits per heavy atom. The molecule has 27 heavy (non-hydrogen) atoms. The van der Waals surface area contributed by atoms with Gasteiger partial charge in [-0.25, -0.2) is 8.78 Å². The number of hydrogen-bond donors (Lipinski definition) is 2. The van der Waals surface area contributed by atoms with E-state index in [2.05, 4.69) is 15.6 Å². The molecule has 2 rings (SSSR count). The van der Waals surface area contributed by atoms with Gasteiger partial charge in [-0.2, -0.15) is 0 Å². The Bertz CT molecular complexity index is 634. The number of hydrogen-bond acceptors (Lipinski definition) is 4. The van der Waals surface area contributed by atoms with Gasteiger partial charge in [-0.15, -0.1) is 0 Å². The van der Waals surface area contributed by atoms with Crippen LogP contribution >= 0.6 is 0 Å². The van der Waals surface area contributed by atoms with E-state index in [0.29, 0.717) is 51.6 Å². The van der Waals surface area contributed by atoms with Crippen LogP contribution in [-0.2, 0) is 9.53 Å². The monoisotopic (exact) mass is 382 g/mol. The Labute approximate surface area is 159 Å². The van der Waals surface area contributed by atoms with Crippen LogP contribution in [0, 0.1) is 11.6 Å². The average molecular weight is 382 g/mol. The van der Waals surface area contributed by atoms with E-state index in [-0.39, 0.29) is 17.7 Å². The lowest BCUT2D eigenvalue weighted by atomic mass is 10.2. The Hall–Kier alpha value is -2.38. The van der Waals surface area contributed by atoms with E-state index in [0.717, 1.165) is 6.42 Å². The number of aliphatic imine (C=N–C) groups is 1. The van der Waals surface area contributed by atoms with Crippen molar-refractivity contribution in [1.82, 2.24) is 10.6 Å². The van der Waals surface area contributed by atoms with Gasteiger partial charge >= 0.3 is 5.97 Å². The van der Waals surface area contributed by atoms with Gasteiger partial charge in [0.15, 0.2) is 5.96 Å². The minimum absolute atomic E-state index is 0.0261. The molecule has 1 aliphatic rings. The first-order valence-corrected chi connectivity index (χ1v) is 9.44. The molecule has 1 atom stereocenters. The van der Waals surface area contributed by atoms with Crippen molar-refractivity contribution in [2.75, 3.05) is 37.7 Å². The summed E-state index contributed by atoms with van der Waals surface area (Å²) in [7, 11) is 0. The zero-order valence-electron chi connectivity index (χ0n) is 15.9. The number of ether oxygens (including phenoxy) is 1. The van der Waals surface area contributed by atoms with Crippen LogP contribution in [0.25, 0.3) is 0 Å². The number of nitrogens with one attached hydrogen (secondary N) is 2. The lowest BCUT2D eigenvalue weighted by Gasteiger charge is -2.21. The minimum Gasteiger partial charge on any atom is -0.466 e. The average Bonchev–Trinajstić information content (AvgIpc) is 3.07. The number of carbonyl (C=O) groups excluding carboxylic acids is 1. The second-order valence-corrected chi connectivity index (χ2v) is 6.32. The summed E-state index contributed by atoms with van der Waals surface area (Å²) in [5.74, 6) is -0.670. The number of para-hydroxylation sites is 1. The molecule has 0 aromatic heterocycles. The van der Waals surface area contributed by atoms with Gasteiger partial charge in [0.25, 0.3) is 0 Å². The molecular weight excluding hydrogens is 354 g/mol. The molecule has 1 aliphatic heterocycles. The highest BCUT2D eigenvalue weighted by atomic mass is 19.1. The summed E-state index contributed by atoms with van der Waals surface area (Å²) in [5.41, 5.74) is 0.0261. The van der Waals surface area contributed by atoms with Crippen molar-refractivity contribution in [2.45, 2.75) is 39.2 Å². The highest BCUT2D eigenvalue weighted by Crippen LogP contribution is 2.26. The van der Waals surface area contributed by atoms with Gasteiger partial charge in [0, 0.05) is 38.6 Å². The minimum atomic E-state index is -0.546. The van der Waals surface area contributed by atoms with Crippen molar-refractivity contribution >= 4 is 17.6 Å². The quantitative estimate of drug-likeness (QED) is 0.313. The van der Waals surface area contributed by atoms with Crippen molar-refractivity contribution in [3.05, 3.63) is 29.8 Å². The fourth-order valence-electron chi connectivity index (χ4n) is 3.03. The van der Waals surface area contributed by atoms with Crippen LogP contribution in [0.4, 0.5) is 14.5 Å². The molecule has 1 unspecified atom stereocenters. The molecule has 0 spiro atoms. The summed E-state index contributed by atoms with van der Waals surface area (Å²) in [5, 5.41) is 6.46. The molecule has 0 amide bonds. The van der Waals surface area contributed by atoms with Gasteiger partial charge < -0.3 is 20.3 Å². The molecule has 1 aromatic rings. The number of halogens is 2. The van der Waals surface area contributed by atoms with E-state index >= 15 is 0 Å². The van der Waals surface area contributed by atoms with Gasteiger partial charge in [0.05, 0.1) is 6.61 Å². The number of nitrogens with zero attached hydrogens (tertiary/aromatic N) is 2. The van der Waals surface area contributed by atoms with Gasteiger partial charge in [-0.1, -0.05) is 6.07 Å². The van der Waals surface area contributed by atoms with Crippen LogP contribution in [0.1, 0.15) is 33.1 Å². The molecule has 2 N–H and O–H groups in total. The number of rotatable bonds is 8.